The van der Waals surface area contributed by atoms with Crippen LogP contribution in [0.3, 0.4) is 0 Å². The lowest BCUT2D eigenvalue weighted by atomic mass is 10.1. The third-order valence-electron chi connectivity index (χ3n) is 3.21. The van der Waals surface area contributed by atoms with Crippen molar-refractivity contribution >= 4 is 11.9 Å². The Kier molecular flexibility index (Phi) is 2.77. The van der Waals surface area contributed by atoms with Gasteiger partial charge in [0.2, 0.25) is 11.9 Å². The number of aromatic nitrogens is 2. The lowest BCUT2D eigenvalue weighted by Crippen LogP contribution is -2.26. The number of fused-ring (bicyclic) bond motifs is 1. The van der Waals surface area contributed by atoms with Crippen molar-refractivity contribution in [1.29, 1.82) is 0 Å². The van der Waals surface area contributed by atoms with Gasteiger partial charge >= 0.3 is 0 Å². The topological polar surface area (TPSA) is 38.1 Å². The molecule has 0 saturated heterocycles. The molecule has 1 amide bonds. The summed E-state index contributed by atoms with van der Waals surface area (Å²) in [5, 5.41) is 0. The molecule has 1 aliphatic heterocycles. The van der Waals surface area contributed by atoms with Crippen molar-refractivity contribution in [2.75, 3.05) is 11.4 Å². The van der Waals surface area contributed by atoms with Gasteiger partial charge in [0.25, 0.3) is 0 Å². The van der Waals surface area contributed by atoms with Crippen LogP contribution in [0.25, 0.3) is 11.3 Å². The van der Waals surface area contributed by atoms with Crippen LogP contribution >= 0.6 is 0 Å². The minimum atomic E-state index is -1.27. The van der Waals surface area contributed by atoms with Gasteiger partial charge in [-0.25, -0.2) is 18.2 Å². The number of rotatable bonds is 1. The van der Waals surface area contributed by atoms with Gasteiger partial charge in [-0.15, -0.1) is 0 Å². The second-order valence-corrected chi connectivity index (χ2v) is 4.54. The molecule has 0 unspecified atom stereocenters. The molecule has 104 valence electrons. The number of imidazole rings is 1. The number of amides is 1. The summed E-state index contributed by atoms with van der Waals surface area (Å²) < 4.78 is 41.8. The minimum Gasteiger partial charge on any atom is -0.315 e. The fourth-order valence-electron chi connectivity index (χ4n) is 2.26. The van der Waals surface area contributed by atoms with Crippen LogP contribution in [0.2, 0.25) is 0 Å². The van der Waals surface area contributed by atoms with Gasteiger partial charge in [-0.1, -0.05) is 0 Å². The van der Waals surface area contributed by atoms with E-state index in [1.54, 1.807) is 4.57 Å². The third-order valence-corrected chi connectivity index (χ3v) is 3.21. The van der Waals surface area contributed by atoms with E-state index in [2.05, 4.69) is 4.98 Å². The zero-order chi connectivity index (χ0) is 14.4. The van der Waals surface area contributed by atoms with Crippen molar-refractivity contribution in [2.24, 2.45) is 0 Å². The number of benzene rings is 1. The number of carbonyl (C=O) groups is 1. The molecule has 3 rings (SSSR count). The van der Waals surface area contributed by atoms with Crippen LogP contribution < -0.4 is 4.90 Å². The molecule has 0 spiro atoms. The highest BCUT2D eigenvalue weighted by Crippen LogP contribution is 2.29. The Balaban J connectivity index is 2.10. The van der Waals surface area contributed by atoms with Crippen LogP contribution in [-0.4, -0.2) is 22.0 Å². The number of carbonyl (C=O) groups excluding carboxylic acids is 1. The Bertz CT molecular complexity index is 711. The summed E-state index contributed by atoms with van der Waals surface area (Å²) in [6, 6.07) is 1.36. The largest absolute Gasteiger partial charge is 0.315 e. The van der Waals surface area contributed by atoms with Crippen LogP contribution in [0.4, 0.5) is 19.1 Å². The fourth-order valence-corrected chi connectivity index (χ4v) is 2.26. The number of nitrogens with zero attached hydrogens (tertiary/aromatic N) is 3. The Morgan fingerprint density at radius 3 is 2.70 bits per heavy atom. The summed E-state index contributed by atoms with van der Waals surface area (Å²) in [4.78, 5) is 16.9. The fraction of sp³-hybridized carbons (Fsp3) is 0.231. The highest BCUT2D eigenvalue weighted by Gasteiger charge is 2.26. The molecule has 2 aromatic rings. The quantitative estimate of drug-likeness (QED) is 0.752. The van der Waals surface area contributed by atoms with Crippen LogP contribution in [0.15, 0.2) is 18.3 Å². The molecule has 1 aromatic carbocycles. The van der Waals surface area contributed by atoms with Crippen LogP contribution in [0.1, 0.15) is 6.92 Å². The zero-order valence-corrected chi connectivity index (χ0v) is 10.5. The molecule has 0 radical (unpaired) electrons. The van der Waals surface area contributed by atoms with Crippen molar-refractivity contribution in [1.82, 2.24) is 9.55 Å². The number of hydrogen-bond acceptors (Lipinski definition) is 2. The molecule has 0 fully saturated rings. The predicted molar refractivity (Wildman–Crippen MR) is 65.6 cm³/mol. The van der Waals surface area contributed by atoms with Crippen molar-refractivity contribution in [3.05, 3.63) is 35.8 Å². The Labute approximate surface area is 112 Å². The molecular formula is C13H10F3N3O. The summed E-state index contributed by atoms with van der Waals surface area (Å²) in [5.41, 5.74) is -0.158. The molecule has 0 N–H and O–H groups in total. The Morgan fingerprint density at radius 1 is 1.25 bits per heavy atom. The number of anilines is 1. The first kappa shape index (κ1) is 12.7. The van der Waals surface area contributed by atoms with E-state index in [0.717, 1.165) is 6.07 Å². The van der Waals surface area contributed by atoms with E-state index in [4.69, 9.17) is 0 Å². The van der Waals surface area contributed by atoms with Crippen molar-refractivity contribution in [2.45, 2.75) is 13.5 Å². The second-order valence-electron chi connectivity index (χ2n) is 4.54. The molecule has 2 heterocycles. The number of halogens is 3. The van der Waals surface area contributed by atoms with E-state index in [1.807, 2.05) is 0 Å². The zero-order valence-electron chi connectivity index (χ0n) is 10.5. The van der Waals surface area contributed by atoms with Gasteiger partial charge in [-0.3, -0.25) is 9.69 Å². The molecule has 1 aliphatic rings. The third kappa shape index (κ3) is 1.86. The first-order chi connectivity index (χ1) is 9.47. The molecule has 1 aromatic heterocycles. The predicted octanol–water partition coefficient (Wildman–Crippen LogP) is 2.33. The molecule has 0 aliphatic carbocycles. The molecule has 0 saturated carbocycles. The normalized spacial score (nSPS) is 13.7. The highest BCUT2D eigenvalue weighted by molar-refractivity contribution is 5.90. The van der Waals surface area contributed by atoms with Gasteiger partial charge in [-0.05, 0) is 6.07 Å². The summed E-state index contributed by atoms with van der Waals surface area (Å²) in [6.45, 7) is 2.39. The molecule has 20 heavy (non-hydrogen) atoms. The van der Waals surface area contributed by atoms with Gasteiger partial charge in [0, 0.05) is 37.8 Å². The van der Waals surface area contributed by atoms with Crippen molar-refractivity contribution < 1.29 is 18.0 Å². The van der Waals surface area contributed by atoms with E-state index in [0.29, 0.717) is 25.1 Å². The van der Waals surface area contributed by atoms with E-state index in [-0.39, 0.29) is 17.2 Å². The molecule has 7 heteroatoms. The van der Waals surface area contributed by atoms with Crippen molar-refractivity contribution in [3.63, 3.8) is 0 Å². The van der Waals surface area contributed by atoms with Gasteiger partial charge in [-0.2, -0.15) is 0 Å². The lowest BCUT2D eigenvalue weighted by Gasteiger charge is -2.10. The summed E-state index contributed by atoms with van der Waals surface area (Å²) in [5.74, 6) is -3.13. The average molecular weight is 281 g/mol. The van der Waals surface area contributed by atoms with Gasteiger partial charge in [0.1, 0.15) is 5.82 Å². The van der Waals surface area contributed by atoms with Crippen LogP contribution in [0.5, 0.6) is 0 Å². The molecule has 4 nitrogen and oxygen atoms in total. The average Bonchev–Trinajstić information content (AvgIpc) is 2.92. The minimum absolute atomic E-state index is 0.0989. The van der Waals surface area contributed by atoms with Crippen LogP contribution in [-0.2, 0) is 11.3 Å². The maximum Gasteiger partial charge on any atom is 0.226 e. The molecular weight excluding hydrogens is 271 g/mol. The highest BCUT2D eigenvalue weighted by atomic mass is 19.2. The monoisotopic (exact) mass is 281 g/mol. The van der Waals surface area contributed by atoms with E-state index in [1.165, 1.54) is 18.0 Å². The van der Waals surface area contributed by atoms with Gasteiger partial charge < -0.3 is 4.57 Å². The maximum atomic E-state index is 13.7. The maximum absolute atomic E-state index is 13.7. The number of hydrogen-bond donors (Lipinski definition) is 0. The van der Waals surface area contributed by atoms with Crippen molar-refractivity contribution in [3.8, 4) is 11.3 Å². The van der Waals surface area contributed by atoms with Gasteiger partial charge in [0.15, 0.2) is 11.6 Å². The van der Waals surface area contributed by atoms with E-state index >= 15 is 0 Å². The smallest absolute Gasteiger partial charge is 0.226 e. The first-order valence-electron chi connectivity index (χ1n) is 5.97. The Hall–Kier alpha value is -2.31. The summed E-state index contributed by atoms with van der Waals surface area (Å²) in [6.07, 6.45) is 1.48. The first-order valence-corrected chi connectivity index (χ1v) is 5.97. The Morgan fingerprint density at radius 2 is 2.00 bits per heavy atom. The van der Waals surface area contributed by atoms with E-state index < -0.39 is 17.5 Å². The lowest BCUT2D eigenvalue weighted by molar-refractivity contribution is -0.116. The van der Waals surface area contributed by atoms with E-state index in [9.17, 15) is 18.0 Å². The van der Waals surface area contributed by atoms with Gasteiger partial charge in [0.05, 0.1) is 5.69 Å². The SMILES string of the molecule is CC(=O)N1CCn2cc(-c3cc(F)cc(F)c3F)nc21. The summed E-state index contributed by atoms with van der Waals surface area (Å²) in [7, 11) is 0. The molecule has 0 bridgehead atoms. The second kappa shape index (κ2) is 4.36. The molecule has 0 atom stereocenters. The van der Waals surface area contributed by atoms with Crippen LogP contribution in [0, 0.1) is 17.5 Å². The summed E-state index contributed by atoms with van der Waals surface area (Å²) >= 11 is 0. The standard InChI is InChI=1S/C13H10F3N3O/c1-7(20)19-3-2-18-6-11(17-13(18)19)9-4-8(14)5-10(15)12(9)16/h4-6H,2-3H2,1H3.